The molecule has 5 heteroatoms. The fourth-order valence-electron chi connectivity index (χ4n) is 25.7. The van der Waals surface area contributed by atoms with Crippen LogP contribution >= 0.6 is 0 Å². The van der Waals surface area contributed by atoms with E-state index in [1.165, 1.54) is 415 Å². The van der Waals surface area contributed by atoms with Crippen molar-refractivity contribution in [2.75, 3.05) is 6.61 Å². The van der Waals surface area contributed by atoms with Crippen LogP contribution < -0.4 is 4.74 Å². The van der Waals surface area contributed by atoms with Crippen LogP contribution in [-0.2, 0) is 16.2 Å². The Bertz CT molecular complexity index is 6590. The molecule has 15 aromatic rings. The smallest absolute Gasteiger partial charge is 0.248 e. The van der Waals surface area contributed by atoms with Crippen LogP contribution in [0.5, 0.6) is 5.75 Å². The molecule has 0 amide bonds. The lowest BCUT2D eigenvalue weighted by Gasteiger charge is -2.33. The maximum atomic E-state index is 7.20. The number of hydrogen-bond donors (Lipinski definition) is 0. The summed E-state index contributed by atoms with van der Waals surface area (Å²) in [6.07, 6.45) is 59.9. The zero-order chi connectivity index (χ0) is 98.7. The van der Waals surface area contributed by atoms with Crippen LogP contribution in [0.4, 0.5) is 0 Å². The minimum absolute atomic E-state index is 0.0822. The fraction of sp³-hybridized carbons (Fsp3) is 0.424. The van der Waals surface area contributed by atoms with E-state index in [2.05, 4.69) is 332 Å². The van der Waals surface area contributed by atoms with Gasteiger partial charge in [-0.2, -0.15) is 0 Å². The largest absolute Gasteiger partial charge is 0.494 e. The number of para-hydroxylation sites is 1. The summed E-state index contributed by atoms with van der Waals surface area (Å²) < 4.78 is 16.1. The van der Waals surface area contributed by atoms with Gasteiger partial charge in [0.2, 0.25) is 11.8 Å². The maximum Gasteiger partial charge on any atom is 0.248 e. The molecule has 0 aliphatic heterocycles. The van der Waals surface area contributed by atoms with Crippen LogP contribution in [0.25, 0.3) is 151 Å². The molecule has 3 aliphatic rings. The monoisotopic (exact) mass is 1910 g/mol. The number of hydrogen-bond acceptors (Lipinski definition) is 4. The molecule has 0 spiro atoms. The van der Waals surface area contributed by atoms with E-state index in [1.54, 1.807) is 11.1 Å². The van der Waals surface area contributed by atoms with Gasteiger partial charge in [0.05, 0.1) is 17.6 Å². The van der Waals surface area contributed by atoms with Crippen LogP contribution in [-0.4, -0.2) is 21.4 Å². The third-order valence-corrected chi connectivity index (χ3v) is 33.7. The molecular formula is C139H165N3O2. The third-order valence-electron chi connectivity index (χ3n) is 33.7. The topological polar surface area (TPSA) is 53.1 Å². The predicted octanol–water partition coefficient (Wildman–Crippen LogP) is 42.5. The van der Waals surface area contributed by atoms with Crippen molar-refractivity contribution in [2.45, 2.75) is 373 Å². The standard InChI is InChI=1S/C139H165N3O2/c1-8-15-22-29-36-52-87-137(88-53-37-30-23-16-9-2)127-97-109(103-59-46-43-47-60-103)68-79-118(127)120-81-70-111(99-129(120)137)106-67-78-117(126(96-106)136-141-140-135(144-136)105-65-76-116(77-66-105)143-93-58-42-35-28-21-14-7)114-73-84-123-122-83-72-113(101-131(122)139(132(123)102-114,91-56-40-33-26-19-12-5)92-57-41-34-27-20-13-6)108-75-86-134-125(95-108)124-94-107(74-85-133(124)142(134)115-63-50-45-51-64-115)112-71-82-121-119-80-69-110(104-61-48-44-49-62-104)98-128(119)138(130(121)100-112,89-54-38-31-24-17-10-3)90-55-39-32-25-18-11-4/h43-51,59-86,94-102H,8-42,52-58,87-93H2,1-7H3. The molecule has 2 aromatic heterocycles. The van der Waals surface area contributed by atoms with E-state index < -0.39 is 0 Å². The molecule has 0 N–H and O–H groups in total. The van der Waals surface area contributed by atoms with Crippen LogP contribution in [0, 0.1) is 0 Å². The van der Waals surface area contributed by atoms with E-state index in [9.17, 15) is 0 Å². The maximum absolute atomic E-state index is 7.20. The molecule has 5 nitrogen and oxygen atoms in total. The second kappa shape index (κ2) is 50.6. The highest BCUT2D eigenvalue weighted by atomic mass is 16.5. The highest BCUT2D eigenvalue weighted by Crippen LogP contribution is 2.61. The van der Waals surface area contributed by atoms with Crippen LogP contribution in [0.1, 0.15) is 390 Å². The number of benzene rings is 13. The first-order valence-electron chi connectivity index (χ1n) is 58.0. The molecule has 13 aromatic carbocycles. The Balaban J connectivity index is 0.754. The molecule has 0 saturated heterocycles. The van der Waals surface area contributed by atoms with Gasteiger partial charge in [-0.3, -0.25) is 0 Å². The first kappa shape index (κ1) is 103. The molecule has 748 valence electrons. The van der Waals surface area contributed by atoms with Crippen molar-refractivity contribution < 1.29 is 9.15 Å². The molecule has 0 saturated carbocycles. The zero-order valence-corrected chi connectivity index (χ0v) is 88.9. The lowest BCUT2D eigenvalue weighted by molar-refractivity contribution is 0.304. The average molecular weight is 1910 g/mol. The number of aromatic nitrogens is 3. The molecule has 0 unspecified atom stereocenters. The van der Waals surface area contributed by atoms with Gasteiger partial charge < -0.3 is 13.7 Å². The van der Waals surface area contributed by atoms with Crippen molar-refractivity contribution in [1.82, 2.24) is 14.8 Å². The van der Waals surface area contributed by atoms with E-state index >= 15 is 0 Å². The van der Waals surface area contributed by atoms with Crippen molar-refractivity contribution in [3.05, 3.63) is 312 Å². The Labute approximate surface area is 866 Å². The van der Waals surface area contributed by atoms with E-state index in [4.69, 9.17) is 19.4 Å². The van der Waals surface area contributed by atoms with E-state index in [1.807, 2.05) is 0 Å². The van der Waals surface area contributed by atoms with Gasteiger partial charge in [-0.25, -0.2) is 0 Å². The molecule has 2 heterocycles. The SMILES string of the molecule is CCCCCCCCOc1ccc(-c2nnc(-c3cc(-c4ccc5c(c4)C(CCCCCCCC)(CCCCCCCC)c4cc(-c6ccccc6)ccc4-5)ccc3-c3ccc4c(c3)C(CCCCCCCC)(CCCCCCCC)c3cc(-c5ccc6c(c5)c5cc(-c7ccc8c(c7)C(CCCCCCCC)(CCCCCCCC)c7cc(-c9ccccc9)ccc7-8)ccc5n6-c5ccccc5)ccc3-4)o2)cc1. The lowest BCUT2D eigenvalue weighted by Crippen LogP contribution is -2.25. The molecule has 0 atom stereocenters. The molecule has 0 fully saturated rings. The zero-order valence-electron chi connectivity index (χ0n) is 88.9. The second-order valence-electron chi connectivity index (χ2n) is 43.6. The van der Waals surface area contributed by atoms with Gasteiger partial charge in [-0.15, -0.1) is 10.2 Å². The highest BCUT2D eigenvalue weighted by Gasteiger charge is 2.47. The average Bonchev–Trinajstić information content (AvgIpc) is 1.56. The molecule has 0 bridgehead atoms. The minimum Gasteiger partial charge on any atom is -0.494 e. The number of nitrogens with zero attached hydrogens (tertiary/aromatic N) is 3. The van der Waals surface area contributed by atoms with Gasteiger partial charge in [0.25, 0.3) is 0 Å². The molecule has 0 radical (unpaired) electrons. The Morgan fingerprint density at radius 1 is 0.208 bits per heavy atom. The van der Waals surface area contributed by atoms with Crippen LogP contribution in [0.2, 0.25) is 0 Å². The highest BCUT2D eigenvalue weighted by molar-refractivity contribution is 6.12. The quantitative estimate of drug-likeness (QED) is 0.0357. The molecule has 3 aliphatic carbocycles. The normalized spacial score (nSPS) is 13.4. The number of rotatable bonds is 59. The second-order valence-corrected chi connectivity index (χ2v) is 43.6. The summed E-state index contributed by atoms with van der Waals surface area (Å²) in [5, 5.41) is 12.7. The van der Waals surface area contributed by atoms with Crippen molar-refractivity contribution in [3.63, 3.8) is 0 Å². The Morgan fingerprint density at radius 2 is 0.465 bits per heavy atom. The number of ether oxygens (including phenoxy) is 1. The minimum atomic E-state index is -0.250. The van der Waals surface area contributed by atoms with Gasteiger partial charge >= 0.3 is 0 Å². The van der Waals surface area contributed by atoms with E-state index in [0.29, 0.717) is 18.4 Å². The third kappa shape index (κ3) is 23.2. The number of unbranched alkanes of at least 4 members (excludes halogenated alkanes) is 35. The van der Waals surface area contributed by atoms with Crippen LogP contribution in [0.15, 0.2) is 283 Å². The summed E-state index contributed by atoms with van der Waals surface area (Å²) in [7, 11) is 0. The summed E-state index contributed by atoms with van der Waals surface area (Å²) in [5.41, 5.74) is 37.6. The van der Waals surface area contributed by atoms with Gasteiger partial charge in [-0.1, -0.05) is 488 Å². The molecule has 18 rings (SSSR count). The summed E-state index contributed by atoms with van der Waals surface area (Å²) in [5.74, 6) is 1.90. The Kier molecular flexibility index (Phi) is 36.1. The predicted molar refractivity (Wildman–Crippen MR) is 618 cm³/mol. The van der Waals surface area contributed by atoms with E-state index in [-0.39, 0.29) is 16.2 Å². The first-order valence-corrected chi connectivity index (χ1v) is 58.0. The number of fused-ring (bicyclic) bond motifs is 12. The molecular weight excluding hydrogens is 1740 g/mol. The van der Waals surface area contributed by atoms with Gasteiger partial charge in [0.15, 0.2) is 0 Å². The van der Waals surface area contributed by atoms with Crippen molar-refractivity contribution in [2.24, 2.45) is 0 Å². The van der Waals surface area contributed by atoms with Crippen molar-refractivity contribution in [3.8, 4) is 134 Å². The van der Waals surface area contributed by atoms with Crippen molar-refractivity contribution >= 4 is 21.8 Å². The van der Waals surface area contributed by atoms with Crippen LogP contribution in [0.3, 0.4) is 0 Å². The van der Waals surface area contributed by atoms with Gasteiger partial charge in [0.1, 0.15) is 5.75 Å². The molecule has 144 heavy (non-hydrogen) atoms. The Hall–Kier alpha value is -11.4. The Morgan fingerprint density at radius 3 is 0.806 bits per heavy atom. The lowest BCUT2D eigenvalue weighted by atomic mass is 9.69. The fourth-order valence-corrected chi connectivity index (χ4v) is 25.7. The summed E-state index contributed by atoms with van der Waals surface area (Å²) in [6, 6.07) is 110. The first-order chi connectivity index (χ1) is 71.1. The summed E-state index contributed by atoms with van der Waals surface area (Å²) >= 11 is 0. The van der Waals surface area contributed by atoms with Gasteiger partial charge in [-0.05, 0) is 282 Å². The summed E-state index contributed by atoms with van der Waals surface area (Å²) in [4.78, 5) is 0. The summed E-state index contributed by atoms with van der Waals surface area (Å²) in [6.45, 7) is 17.1. The van der Waals surface area contributed by atoms with E-state index in [0.717, 1.165) is 60.1 Å². The van der Waals surface area contributed by atoms with Crippen molar-refractivity contribution in [1.29, 1.82) is 0 Å². The van der Waals surface area contributed by atoms with Gasteiger partial charge in [0, 0.05) is 43.8 Å².